The Morgan fingerprint density at radius 1 is 0.926 bits per heavy atom. The zero-order chi connectivity index (χ0) is 19.2. The summed E-state index contributed by atoms with van der Waals surface area (Å²) in [6.45, 7) is 0. The van der Waals surface area contributed by atoms with E-state index in [2.05, 4.69) is 0 Å². The van der Waals surface area contributed by atoms with Crippen LogP contribution in [0.25, 0.3) is 11.1 Å². The lowest BCUT2D eigenvalue weighted by Gasteiger charge is -2.29. The molecule has 0 heterocycles. The van der Waals surface area contributed by atoms with Gasteiger partial charge in [-0.3, -0.25) is 4.79 Å². The highest BCUT2D eigenvalue weighted by Gasteiger charge is 2.59. The number of hydrogen-bond acceptors (Lipinski definition) is 3. The van der Waals surface area contributed by atoms with E-state index in [1.165, 1.54) is 24.3 Å². The number of carbonyl (C=O) groups is 1. The van der Waals surface area contributed by atoms with E-state index < -0.39 is 26.2 Å². The van der Waals surface area contributed by atoms with E-state index in [1.54, 1.807) is 12.1 Å². The molecule has 6 heteroatoms. The molecule has 0 N–H and O–H groups in total. The van der Waals surface area contributed by atoms with Crippen LogP contribution in [0, 0.1) is 17.6 Å². The van der Waals surface area contributed by atoms with Gasteiger partial charge in [-0.05, 0) is 61.4 Å². The molecule has 0 bridgehead atoms. The van der Waals surface area contributed by atoms with Gasteiger partial charge in [-0.15, -0.1) is 0 Å². The Bertz CT molecular complexity index is 983. The molecule has 2 fully saturated rings. The fraction of sp³-hybridized carbons (Fsp3) is 0.381. The Kier molecular flexibility index (Phi) is 4.41. The molecule has 0 unspecified atom stereocenters. The summed E-state index contributed by atoms with van der Waals surface area (Å²) in [6, 6.07) is 9.45. The maximum Gasteiger partial charge on any atom is 0.184 e. The van der Waals surface area contributed by atoms with Gasteiger partial charge in [-0.1, -0.05) is 12.1 Å². The summed E-state index contributed by atoms with van der Waals surface area (Å²) in [6.07, 6.45) is 3.45. The topological polar surface area (TPSA) is 51.2 Å². The van der Waals surface area contributed by atoms with Crippen molar-refractivity contribution in [3.05, 3.63) is 54.1 Å². The van der Waals surface area contributed by atoms with Gasteiger partial charge in [-0.2, -0.15) is 0 Å². The second kappa shape index (κ2) is 6.51. The van der Waals surface area contributed by atoms with Crippen molar-refractivity contribution in [2.75, 3.05) is 0 Å². The van der Waals surface area contributed by atoms with Crippen molar-refractivity contribution < 1.29 is 22.0 Å². The lowest BCUT2D eigenvalue weighted by Crippen LogP contribution is -2.35. The highest BCUT2D eigenvalue weighted by molar-refractivity contribution is 7.93. The van der Waals surface area contributed by atoms with Crippen LogP contribution in [0.2, 0.25) is 0 Å². The average molecular weight is 390 g/mol. The molecule has 2 aromatic carbocycles. The molecule has 2 aliphatic carbocycles. The standard InChI is InChI=1S/C21H20F2O3S/c22-16-5-10-19(20(23)13-16)14-1-8-18(9-2-14)27(25,26)21(11-12-21)15-3-6-17(24)7-4-15/h1-2,5,8-10,13,15H,3-4,6-7,11-12H2. The zero-order valence-corrected chi connectivity index (χ0v) is 15.6. The molecular formula is C21H20F2O3S. The molecule has 0 radical (unpaired) electrons. The van der Waals surface area contributed by atoms with Crippen molar-refractivity contribution in [1.82, 2.24) is 0 Å². The van der Waals surface area contributed by atoms with E-state index in [9.17, 15) is 22.0 Å². The number of hydrogen-bond donors (Lipinski definition) is 0. The molecular weight excluding hydrogens is 370 g/mol. The summed E-state index contributed by atoms with van der Waals surface area (Å²) in [5.41, 5.74) is 0.729. The Morgan fingerprint density at radius 2 is 1.56 bits per heavy atom. The zero-order valence-electron chi connectivity index (χ0n) is 14.8. The third-order valence-corrected chi connectivity index (χ3v) is 8.68. The van der Waals surface area contributed by atoms with E-state index >= 15 is 0 Å². The van der Waals surface area contributed by atoms with Crippen LogP contribution in [0.15, 0.2) is 47.4 Å². The van der Waals surface area contributed by atoms with E-state index in [0.717, 1.165) is 6.07 Å². The minimum atomic E-state index is -3.53. The van der Waals surface area contributed by atoms with Crippen molar-refractivity contribution >= 4 is 15.6 Å². The van der Waals surface area contributed by atoms with Crippen LogP contribution in [0.1, 0.15) is 38.5 Å². The van der Waals surface area contributed by atoms with Crippen molar-refractivity contribution in [2.45, 2.75) is 48.2 Å². The van der Waals surface area contributed by atoms with Crippen LogP contribution < -0.4 is 0 Å². The Hall–Kier alpha value is -2.08. The molecule has 27 heavy (non-hydrogen) atoms. The van der Waals surface area contributed by atoms with Crippen molar-refractivity contribution in [3.63, 3.8) is 0 Å². The number of ketones is 1. The summed E-state index contributed by atoms with van der Waals surface area (Å²) in [5, 5.41) is 0. The molecule has 0 aliphatic heterocycles. The number of sulfone groups is 1. The van der Waals surface area contributed by atoms with Gasteiger partial charge in [-0.25, -0.2) is 17.2 Å². The number of benzene rings is 2. The highest BCUT2D eigenvalue weighted by Crippen LogP contribution is 2.55. The van der Waals surface area contributed by atoms with Crippen LogP contribution in [-0.4, -0.2) is 18.9 Å². The third-order valence-electron chi connectivity index (χ3n) is 5.97. The van der Waals surface area contributed by atoms with Crippen molar-refractivity contribution in [2.24, 2.45) is 5.92 Å². The number of halogens is 2. The van der Waals surface area contributed by atoms with Crippen LogP contribution in [0.4, 0.5) is 8.78 Å². The maximum absolute atomic E-state index is 14.0. The van der Waals surface area contributed by atoms with Gasteiger partial charge in [0.25, 0.3) is 0 Å². The first-order valence-corrected chi connectivity index (χ1v) is 10.6. The second-order valence-corrected chi connectivity index (χ2v) is 9.82. The van der Waals surface area contributed by atoms with Gasteiger partial charge in [0.05, 0.1) is 9.64 Å². The summed E-state index contributed by atoms with van der Waals surface area (Å²) in [4.78, 5) is 11.7. The fourth-order valence-corrected chi connectivity index (χ4v) is 6.54. The maximum atomic E-state index is 14.0. The molecule has 2 saturated carbocycles. The van der Waals surface area contributed by atoms with Gasteiger partial charge in [0.2, 0.25) is 0 Å². The molecule has 142 valence electrons. The van der Waals surface area contributed by atoms with E-state index in [0.29, 0.717) is 44.1 Å². The summed E-state index contributed by atoms with van der Waals surface area (Å²) >= 11 is 0. The Morgan fingerprint density at radius 3 is 2.11 bits per heavy atom. The molecule has 2 aromatic rings. The van der Waals surface area contributed by atoms with Crippen molar-refractivity contribution in [1.29, 1.82) is 0 Å². The first-order valence-electron chi connectivity index (χ1n) is 9.15. The van der Waals surface area contributed by atoms with Gasteiger partial charge in [0.1, 0.15) is 17.4 Å². The smallest absolute Gasteiger partial charge is 0.184 e. The van der Waals surface area contributed by atoms with Gasteiger partial charge >= 0.3 is 0 Å². The summed E-state index contributed by atoms with van der Waals surface area (Å²) in [7, 11) is -3.53. The number of rotatable bonds is 4. The van der Waals surface area contributed by atoms with Crippen LogP contribution >= 0.6 is 0 Å². The van der Waals surface area contributed by atoms with Crippen LogP contribution in [0.3, 0.4) is 0 Å². The average Bonchev–Trinajstić information content (AvgIpc) is 3.45. The predicted molar refractivity (Wildman–Crippen MR) is 97.9 cm³/mol. The first-order chi connectivity index (χ1) is 12.8. The molecule has 0 spiro atoms. The Labute approximate surface area is 157 Å². The van der Waals surface area contributed by atoms with Crippen LogP contribution in [-0.2, 0) is 14.6 Å². The minimum Gasteiger partial charge on any atom is -0.300 e. The molecule has 0 saturated heterocycles. The fourth-order valence-electron chi connectivity index (χ4n) is 4.26. The molecule has 2 aliphatic rings. The van der Waals surface area contributed by atoms with Crippen molar-refractivity contribution in [3.8, 4) is 11.1 Å². The minimum absolute atomic E-state index is 0.0226. The van der Waals surface area contributed by atoms with Gasteiger partial charge in [0, 0.05) is 24.5 Å². The summed E-state index contributed by atoms with van der Waals surface area (Å²) < 4.78 is 52.8. The van der Waals surface area contributed by atoms with Gasteiger partial charge < -0.3 is 0 Å². The van der Waals surface area contributed by atoms with E-state index in [-0.39, 0.29) is 22.2 Å². The molecule has 4 rings (SSSR count). The Balaban J connectivity index is 1.62. The molecule has 3 nitrogen and oxygen atoms in total. The lowest BCUT2D eigenvalue weighted by molar-refractivity contribution is -0.121. The second-order valence-electron chi connectivity index (χ2n) is 7.53. The third kappa shape index (κ3) is 3.10. The number of Topliss-reactive ketones (excluding diaryl/α,β-unsaturated/α-hetero) is 1. The monoisotopic (exact) mass is 390 g/mol. The van der Waals surface area contributed by atoms with E-state index in [4.69, 9.17) is 0 Å². The number of carbonyl (C=O) groups excluding carboxylic acids is 1. The van der Waals surface area contributed by atoms with Crippen LogP contribution in [0.5, 0.6) is 0 Å². The van der Waals surface area contributed by atoms with E-state index in [1.807, 2.05) is 0 Å². The highest BCUT2D eigenvalue weighted by atomic mass is 32.2. The normalized spacial score (nSPS) is 19.9. The summed E-state index contributed by atoms with van der Waals surface area (Å²) in [5.74, 6) is -1.10. The molecule has 0 atom stereocenters. The quantitative estimate of drug-likeness (QED) is 0.761. The predicted octanol–water partition coefficient (Wildman–Crippen LogP) is 4.70. The lowest BCUT2D eigenvalue weighted by atomic mass is 9.85. The largest absolute Gasteiger partial charge is 0.300 e. The van der Waals surface area contributed by atoms with Gasteiger partial charge in [0.15, 0.2) is 9.84 Å². The first kappa shape index (κ1) is 18.3. The SMILES string of the molecule is O=C1CCC(C2(S(=O)(=O)c3ccc(-c4ccc(F)cc4F)cc3)CC2)CC1. The molecule has 0 amide bonds. The molecule has 0 aromatic heterocycles.